The highest BCUT2D eigenvalue weighted by molar-refractivity contribution is 7.93. The number of ether oxygens (including phenoxy) is 3. The van der Waals surface area contributed by atoms with Gasteiger partial charge in [0.15, 0.2) is 11.5 Å². The topological polar surface area (TPSA) is 159 Å². The van der Waals surface area contributed by atoms with E-state index in [1.54, 1.807) is 0 Å². The van der Waals surface area contributed by atoms with E-state index in [1.807, 2.05) is 4.90 Å². The summed E-state index contributed by atoms with van der Waals surface area (Å²) in [6.45, 7) is 1.39. The zero-order valence-corrected chi connectivity index (χ0v) is 21.8. The third kappa shape index (κ3) is 5.10. The first kappa shape index (κ1) is 25.4. The van der Waals surface area contributed by atoms with Gasteiger partial charge in [-0.25, -0.2) is 18.4 Å². The van der Waals surface area contributed by atoms with Crippen LogP contribution in [0.2, 0.25) is 5.02 Å². The molecule has 37 heavy (non-hydrogen) atoms. The van der Waals surface area contributed by atoms with Crippen molar-refractivity contribution in [2.75, 3.05) is 43.5 Å². The molecule has 3 aromatic rings. The first-order valence-corrected chi connectivity index (χ1v) is 13.6. The van der Waals surface area contributed by atoms with Crippen molar-refractivity contribution in [2.24, 2.45) is 0 Å². The third-order valence-corrected chi connectivity index (χ3v) is 8.14. The second-order valence-corrected chi connectivity index (χ2v) is 10.9. The Balaban J connectivity index is 1.50. The summed E-state index contributed by atoms with van der Waals surface area (Å²) in [6, 6.07) is 0. The summed E-state index contributed by atoms with van der Waals surface area (Å²) in [5, 5.41) is 8.10. The molecule has 0 saturated carbocycles. The molecule has 1 N–H and O–H groups in total. The maximum Gasteiger partial charge on any atom is 0.245 e. The van der Waals surface area contributed by atoms with Gasteiger partial charge in [0, 0.05) is 19.7 Å². The van der Waals surface area contributed by atoms with Crippen molar-refractivity contribution in [3.05, 3.63) is 29.6 Å². The normalized spacial score (nSPS) is 20.1. The summed E-state index contributed by atoms with van der Waals surface area (Å²) in [5.74, 6) is 1.09. The van der Waals surface area contributed by atoms with Gasteiger partial charge in [0.1, 0.15) is 12.4 Å². The molecule has 0 aromatic carbocycles. The molecule has 2 aliphatic rings. The van der Waals surface area contributed by atoms with Crippen molar-refractivity contribution in [1.82, 2.24) is 34.7 Å². The second kappa shape index (κ2) is 10.6. The summed E-state index contributed by atoms with van der Waals surface area (Å²) in [4.78, 5) is 18.6. The number of hydrogen-bond acceptors (Lipinski definition) is 12. The molecule has 2 saturated heterocycles. The van der Waals surface area contributed by atoms with Gasteiger partial charge >= 0.3 is 0 Å². The summed E-state index contributed by atoms with van der Waals surface area (Å²) in [6.07, 6.45) is 6.48. The molecule has 5 rings (SSSR count). The van der Waals surface area contributed by atoms with E-state index < -0.39 is 21.4 Å². The lowest BCUT2D eigenvalue weighted by atomic mass is 10.1. The second-order valence-electron chi connectivity index (χ2n) is 8.52. The van der Waals surface area contributed by atoms with Gasteiger partial charge in [0.25, 0.3) is 0 Å². The van der Waals surface area contributed by atoms with Crippen LogP contribution in [0.3, 0.4) is 0 Å². The minimum Gasteiger partial charge on any atom is -0.479 e. The van der Waals surface area contributed by atoms with E-state index in [0.717, 1.165) is 6.42 Å². The van der Waals surface area contributed by atoms with Gasteiger partial charge in [-0.05, 0) is 25.7 Å². The minimum absolute atomic E-state index is 0.0447. The van der Waals surface area contributed by atoms with Gasteiger partial charge in [0.05, 0.1) is 36.9 Å². The first-order valence-electron chi connectivity index (χ1n) is 11.7. The molecule has 0 bridgehead atoms. The molecular formula is C21H26ClN9O5S. The molecule has 2 fully saturated rings. The number of aromatic nitrogens is 7. The predicted octanol–water partition coefficient (Wildman–Crippen LogP) is 1.78. The summed E-state index contributed by atoms with van der Waals surface area (Å²) < 4.78 is 48.1. The summed E-state index contributed by atoms with van der Waals surface area (Å²) in [7, 11) is -1.03. The van der Waals surface area contributed by atoms with Crippen molar-refractivity contribution >= 4 is 33.5 Å². The molecule has 2 atom stereocenters. The molecular weight excluding hydrogens is 526 g/mol. The van der Waals surface area contributed by atoms with Crippen molar-refractivity contribution < 1.29 is 22.6 Å². The van der Waals surface area contributed by atoms with Crippen molar-refractivity contribution in [3.63, 3.8) is 0 Å². The largest absolute Gasteiger partial charge is 0.479 e. The average molecular weight is 552 g/mol. The van der Waals surface area contributed by atoms with Crippen LogP contribution in [0.25, 0.3) is 5.69 Å². The zero-order chi connectivity index (χ0) is 26.0. The van der Waals surface area contributed by atoms with Crippen LogP contribution in [0.4, 0.5) is 11.9 Å². The smallest absolute Gasteiger partial charge is 0.245 e. The number of nitrogens with one attached hydrogen (secondary N) is 1. The minimum atomic E-state index is -3.93. The van der Waals surface area contributed by atoms with Crippen molar-refractivity contribution in [1.29, 1.82) is 0 Å². The number of hydrogen-bond donors (Lipinski definition) is 1. The van der Waals surface area contributed by atoms with Crippen LogP contribution in [-0.2, 0) is 14.8 Å². The van der Waals surface area contributed by atoms with E-state index in [-0.39, 0.29) is 29.9 Å². The fraction of sp³-hybridized carbons (Fsp3) is 0.524. The molecule has 5 heterocycles. The highest BCUT2D eigenvalue weighted by Crippen LogP contribution is 2.37. The Labute approximate surface area is 218 Å². The molecule has 16 heteroatoms. The fourth-order valence-electron chi connectivity index (χ4n) is 4.46. The molecule has 2 aliphatic heterocycles. The highest BCUT2D eigenvalue weighted by Gasteiger charge is 2.36. The Hall–Kier alpha value is -3.30. The van der Waals surface area contributed by atoms with E-state index in [9.17, 15) is 8.42 Å². The van der Waals surface area contributed by atoms with Gasteiger partial charge in [-0.2, -0.15) is 9.97 Å². The summed E-state index contributed by atoms with van der Waals surface area (Å²) >= 11 is 5.90. The van der Waals surface area contributed by atoms with Gasteiger partial charge in [0.2, 0.25) is 33.7 Å². The third-order valence-electron chi connectivity index (χ3n) is 6.21. The van der Waals surface area contributed by atoms with Crippen LogP contribution in [0.5, 0.6) is 11.8 Å². The molecule has 0 amide bonds. The number of methoxy groups -OCH3 is 2. The lowest BCUT2D eigenvalue weighted by Gasteiger charge is -2.32. The van der Waals surface area contributed by atoms with E-state index in [4.69, 9.17) is 25.8 Å². The Morgan fingerprint density at radius 3 is 2.43 bits per heavy atom. The molecule has 0 radical (unpaired) electrons. The Bertz CT molecular complexity index is 1330. The first-order chi connectivity index (χ1) is 17.9. The van der Waals surface area contributed by atoms with Gasteiger partial charge in [-0.1, -0.05) is 11.6 Å². The number of halogens is 1. The van der Waals surface area contributed by atoms with Crippen LogP contribution in [0, 0.1) is 0 Å². The van der Waals surface area contributed by atoms with Crippen LogP contribution in [0.1, 0.15) is 37.6 Å². The zero-order valence-electron chi connectivity index (χ0n) is 20.2. The summed E-state index contributed by atoms with van der Waals surface area (Å²) in [5.41, 5.74) is 0.264. The van der Waals surface area contributed by atoms with Crippen LogP contribution in [-0.4, -0.2) is 82.3 Å². The van der Waals surface area contributed by atoms with E-state index in [0.29, 0.717) is 49.2 Å². The maximum absolute atomic E-state index is 13.6. The lowest BCUT2D eigenvalue weighted by molar-refractivity contribution is 0.103. The van der Waals surface area contributed by atoms with E-state index in [2.05, 4.69) is 34.9 Å². The average Bonchev–Trinajstić information content (AvgIpc) is 3.58. The van der Waals surface area contributed by atoms with Crippen LogP contribution >= 0.6 is 11.6 Å². The maximum atomic E-state index is 13.6. The SMILES string of the molecule is COc1ncnc(OC)c1-n1c(NS(=O)(=O)[C@@H]2CCCN(c3ncc(Cl)cn3)C2)nnc1[C@H]1CCCO1. The number of sulfonamides is 1. The van der Waals surface area contributed by atoms with Crippen LogP contribution in [0.15, 0.2) is 18.7 Å². The van der Waals surface area contributed by atoms with Crippen molar-refractivity contribution in [3.8, 4) is 17.4 Å². The number of anilines is 2. The molecule has 198 valence electrons. The predicted molar refractivity (Wildman–Crippen MR) is 133 cm³/mol. The van der Waals surface area contributed by atoms with Crippen LogP contribution < -0.4 is 19.1 Å². The fourth-order valence-corrected chi connectivity index (χ4v) is 5.97. The molecule has 0 unspecified atom stereocenters. The Kier molecular flexibility index (Phi) is 7.26. The Morgan fingerprint density at radius 2 is 1.78 bits per heavy atom. The number of rotatable bonds is 8. The van der Waals surface area contributed by atoms with Gasteiger partial charge in [-0.15, -0.1) is 10.2 Å². The Morgan fingerprint density at radius 1 is 1.05 bits per heavy atom. The van der Waals surface area contributed by atoms with E-state index >= 15 is 0 Å². The lowest BCUT2D eigenvalue weighted by Crippen LogP contribution is -2.45. The van der Waals surface area contributed by atoms with E-state index in [1.165, 1.54) is 37.5 Å². The quantitative estimate of drug-likeness (QED) is 0.433. The molecule has 14 nitrogen and oxygen atoms in total. The van der Waals surface area contributed by atoms with Crippen molar-refractivity contribution in [2.45, 2.75) is 37.0 Å². The monoisotopic (exact) mass is 551 g/mol. The number of piperidine rings is 1. The highest BCUT2D eigenvalue weighted by atomic mass is 35.5. The van der Waals surface area contributed by atoms with Gasteiger partial charge < -0.3 is 19.1 Å². The molecule has 3 aromatic heterocycles. The molecule has 0 aliphatic carbocycles. The van der Waals surface area contributed by atoms with Gasteiger partial charge in [-0.3, -0.25) is 9.29 Å². The number of nitrogens with zero attached hydrogens (tertiary/aromatic N) is 8. The standard InChI is InChI=1S/C21H26ClN9O5S/c1-34-18-16(19(35-2)26-12-25-18)31-17(15-6-4-8-36-15)27-28-21(31)29-37(32,33)14-5-3-7-30(11-14)20-23-9-13(22)10-24-20/h9-10,12,14-15H,3-8,11H2,1-2H3,(H,28,29)/t14-,15-/m1/s1. The molecule has 0 spiro atoms.